The SMILES string of the molecule is OCCCOCNC1C=C2C#CC(CCc3ccc(O)c(Cc4cccc(O)c4)c3)CCCC3CC(O)C4CCc5c(c(CO)cc(O)c5OCc5cc(C67CCOC8(CCCCC8)C6CCc6ccccc67)cc6cn(cc56)C(=C2CO3)N1)C4. The monoisotopic (exact) mass is 1150 g/mol. The first-order valence-corrected chi connectivity index (χ1v) is 31.6. The fourth-order valence-corrected chi connectivity index (χ4v) is 16.0. The number of hydrogen-bond donors (Lipinski definition) is 8. The zero-order chi connectivity index (χ0) is 58.1. The van der Waals surface area contributed by atoms with Gasteiger partial charge in [0.15, 0.2) is 11.5 Å². The average molecular weight is 1150 g/mol. The van der Waals surface area contributed by atoms with E-state index in [1.165, 1.54) is 36.0 Å². The summed E-state index contributed by atoms with van der Waals surface area (Å²) < 4.78 is 29.5. The van der Waals surface area contributed by atoms with Crippen LogP contribution in [0, 0.1) is 29.6 Å². The molecule has 1 aromatic heterocycles. The van der Waals surface area contributed by atoms with Crippen molar-refractivity contribution >= 4 is 16.6 Å². The van der Waals surface area contributed by atoms with Gasteiger partial charge in [-0.25, -0.2) is 0 Å². The van der Waals surface area contributed by atoms with E-state index < -0.39 is 12.3 Å². The number of aliphatic hydroxyl groups excluding tert-OH is 3. The summed E-state index contributed by atoms with van der Waals surface area (Å²) in [6, 6.07) is 28.7. The Balaban J connectivity index is 0.949. The number of dihydropyridines is 1. The molecular weight excluding hydrogens is 1070 g/mol. The van der Waals surface area contributed by atoms with Crippen LogP contribution in [0.3, 0.4) is 0 Å². The van der Waals surface area contributed by atoms with Crippen molar-refractivity contribution in [2.75, 3.05) is 33.2 Å². The Hall–Kier alpha value is -6.60. The lowest BCUT2D eigenvalue weighted by atomic mass is 9.51. The fraction of sp³-hybridized carbons (Fsp3) is 0.472. The molecule has 14 rings (SSSR count). The molecule has 1 spiro atoms. The zero-order valence-corrected chi connectivity index (χ0v) is 48.9. The molecule has 2 fully saturated rings. The summed E-state index contributed by atoms with van der Waals surface area (Å²) in [4.78, 5) is 0. The average Bonchev–Trinajstić information content (AvgIpc) is 1.34. The van der Waals surface area contributed by atoms with Gasteiger partial charge in [0.1, 0.15) is 30.1 Å². The molecule has 85 heavy (non-hydrogen) atoms. The standard InChI is InChI=1S/C72H83N3O10/c76-28-8-29-82-45-73-68-38-50-19-17-46(15-16-47-18-23-64(79)52(31-47)32-48-10-6-12-57(78)33-48)9-7-13-58-39-65(80)51-20-22-59-60(36-51)54(42-77)37-66(81)69(59)84-43-55-35-56(34-53-40-75(41-61(53)55)70(74-68)62(50)44-83-58)72-27-30-85-71(25-4-1-5-26-71)67(72)24-21-49-11-2-3-14-63(49)72/h2-3,6,10-12,14,18,23,31,33-35,37-38,40-41,46,51,58,65,67-68,73-74,76-81H,1,4-5,7-9,13,15-16,20-22,24-30,32,36,39,42-45H2. The van der Waals surface area contributed by atoms with Crippen LogP contribution in [-0.4, -0.2) is 92.3 Å². The lowest BCUT2D eigenvalue weighted by molar-refractivity contribution is -0.166. The Labute approximate surface area is 499 Å². The third kappa shape index (κ3) is 11.6. The van der Waals surface area contributed by atoms with Crippen LogP contribution < -0.4 is 15.4 Å². The van der Waals surface area contributed by atoms with E-state index in [9.17, 15) is 30.6 Å². The predicted octanol–water partition coefficient (Wildman–Crippen LogP) is 11.1. The minimum Gasteiger partial charge on any atom is -0.508 e. The first kappa shape index (κ1) is 57.5. The van der Waals surface area contributed by atoms with Crippen LogP contribution in [0.2, 0.25) is 0 Å². The number of aromatic hydroxyl groups is 3. The summed E-state index contributed by atoms with van der Waals surface area (Å²) >= 11 is 0. The van der Waals surface area contributed by atoms with Crippen molar-refractivity contribution in [3.05, 3.63) is 170 Å². The van der Waals surface area contributed by atoms with Crippen molar-refractivity contribution in [1.82, 2.24) is 15.2 Å². The molecule has 13 nitrogen and oxygen atoms in total. The maximum absolute atomic E-state index is 12.4. The van der Waals surface area contributed by atoms with E-state index in [1.54, 1.807) is 24.3 Å². The van der Waals surface area contributed by atoms with Gasteiger partial charge in [-0.05, 0) is 189 Å². The Morgan fingerprint density at radius 2 is 1.69 bits per heavy atom. The molecular formula is C72H83N3O10. The molecule has 3 aliphatic carbocycles. The molecule has 7 atom stereocenters. The normalized spacial score (nSPS) is 25.4. The number of ether oxygens (including phenoxy) is 4. The van der Waals surface area contributed by atoms with Crippen LogP contribution in [0.1, 0.15) is 146 Å². The summed E-state index contributed by atoms with van der Waals surface area (Å²) in [5.41, 5.74) is 11.6. The molecule has 6 aromatic rings. The Morgan fingerprint density at radius 3 is 2.56 bits per heavy atom. The van der Waals surface area contributed by atoms with Crippen molar-refractivity contribution in [1.29, 1.82) is 0 Å². The summed E-state index contributed by atoms with van der Waals surface area (Å²) in [7, 11) is 0. The number of nitrogens with one attached hydrogen (secondary N) is 2. The number of aryl methyl sites for hydroxylation is 2. The molecule has 8 N–H and O–H groups in total. The lowest BCUT2D eigenvalue weighted by Crippen LogP contribution is -2.59. The Bertz CT molecular complexity index is 3540. The number of hydrogen-bond acceptors (Lipinski definition) is 12. The molecule has 8 bridgehead atoms. The van der Waals surface area contributed by atoms with E-state index in [2.05, 4.69) is 88.0 Å². The van der Waals surface area contributed by atoms with E-state index in [-0.39, 0.29) is 85.3 Å². The van der Waals surface area contributed by atoms with Gasteiger partial charge in [-0.3, -0.25) is 5.32 Å². The third-order valence-corrected chi connectivity index (χ3v) is 20.3. The summed E-state index contributed by atoms with van der Waals surface area (Å²) in [5.74, 6) is 9.42. The Kier molecular flexibility index (Phi) is 16.9. The van der Waals surface area contributed by atoms with Crippen LogP contribution in [0.4, 0.5) is 0 Å². The van der Waals surface area contributed by atoms with Gasteiger partial charge in [-0.1, -0.05) is 85.7 Å². The minimum absolute atomic E-state index is 0.0141. The van der Waals surface area contributed by atoms with Crippen LogP contribution in [0.5, 0.6) is 23.0 Å². The van der Waals surface area contributed by atoms with E-state index in [0.717, 1.165) is 125 Å². The third-order valence-electron chi connectivity index (χ3n) is 20.3. The number of aromatic nitrogens is 1. The number of phenolic OH excluding ortho intramolecular Hbond substituents is 3. The summed E-state index contributed by atoms with van der Waals surface area (Å²) in [5, 5.41) is 75.4. The molecule has 1 saturated heterocycles. The largest absolute Gasteiger partial charge is 0.508 e. The quantitative estimate of drug-likeness (QED) is 0.0311. The number of phenols is 3. The molecule has 446 valence electrons. The van der Waals surface area contributed by atoms with E-state index in [1.807, 2.05) is 18.2 Å². The van der Waals surface area contributed by atoms with Gasteiger partial charge in [-0.15, -0.1) is 0 Å². The number of nitrogens with zero attached hydrogens (tertiary/aromatic N) is 1. The first-order chi connectivity index (χ1) is 41.6. The van der Waals surface area contributed by atoms with Crippen LogP contribution in [0.25, 0.3) is 16.6 Å². The van der Waals surface area contributed by atoms with E-state index in [4.69, 9.17) is 18.9 Å². The molecule has 0 radical (unpaired) electrons. The van der Waals surface area contributed by atoms with Crippen LogP contribution in [0.15, 0.2) is 115 Å². The molecule has 1 saturated carbocycles. The number of benzene rings is 5. The molecule has 0 amide bonds. The topological polar surface area (TPSA) is 187 Å². The summed E-state index contributed by atoms with van der Waals surface area (Å²) in [6.45, 7) is 1.56. The molecule has 13 heteroatoms. The highest BCUT2D eigenvalue weighted by molar-refractivity contribution is 5.89. The van der Waals surface area contributed by atoms with Crippen molar-refractivity contribution < 1.29 is 49.6 Å². The predicted molar refractivity (Wildman–Crippen MR) is 328 cm³/mol. The lowest BCUT2D eigenvalue weighted by Gasteiger charge is -2.59. The molecule has 5 aromatic carbocycles. The van der Waals surface area contributed by atoms with E-state index in [0.29, 0.717) is 63.1 Å². The maximum atomic E-state index is 12.4. The summed E-state index contributed by atoms with van der Waals surface area (Å²) in [6.07, 6.45) is 21.0. The van der Waals surface area contributed by atoms with Gasteiger partial charge < -0.3 is 59.5 Å². The van der Waals surface area contributed by atoms with Crippen molar-refractivity contribution in [2.24, 2.45) is 17.8 Å². The van der Waals surface area contributed by atoms with Crippen molar-refractivity contribution in [3.63, 3.8) is 0 Å². The smallest absolute Gasteiger partial charge is 0.164 e. The van der Waals surface area contributed by atoms with Gasteiger partial charge >= 0.3 is 0 Å². The highest BCUT2D eigenvalue weighted by Gasteiger charge is 2.58. The highest BCUT2D eigenvalue weighted by atomic mass is 16.5. The first-order valence-electron chi connectivity index (χ1n) is 31.6. The number of rotatable bonds is 13. The second kappa shape index (κ2) is 25.0. The van der Waals surface area contributed by atoms with Crippen molar-refractivity contribution in [2.45, 2.75) is 165 Å². The van der Waals surface area contributed by atoms with Crippen LogP contribution in [-0.2, 0) is 64.9 Å². The number of aliphatic hydroxyl groups is 3. The van der Waals surface area contributed by atoms with Crippen molar-refractivity contribution in [3.8, 4) is 34.8 Å². The fourth-order valence-electron chi connectivity index (χ4n) is 16.0. The Morgan fingerprint density at radius 1 is 0.800 bits per heavy atom. The maximum Gasteiger partial charge on any atom is 0.164 e. The van der Waals surface area contributed by atoms with E-state index >= 15 is 0 Å². The number of fused-ring (bicyclic) bond motifs is 7. The molecule has 5 aliphatic heterocycles. The minimum atomic E-state index is -0.691. The molecule has 6 heterocycles. The second-order valence-corrected chi connectivity index (χ2v) is 25.4. The second-order valence-electron chi connectivity index (χ2n) is 25.4. The van der Waals surface area contributed by atoms with Gasteiger partial charge in [0.2, 0.25) is 0 Å². The van der Waals surface area contributed by atoms with Crippen LogP contribution >= 0.6 is 0 Å². The van der Waals surface area contributed by atoms with Gasteiger partial charge in [0.05, 0.1) is 44.4 Å². The molecule has 7 unspecified atom stereocenters. The zero-order valence-electron chi connectivity index (χ0n) is 48.9. The van der Waals surface area contributed by atoms with Gasteiger partial charge in [0.25, 0.3) is 0 Å². The van der Waals surface area contributed by atoms with Gasteiger partial charge in [0, 0.05) is 76.8 Å². The molecule has 8 aliphatic rings. The highest BCUT2D eigenvalue weighted by Crippen LogP contribution is 2.60. The van der Waals surface area contributed by atoms with Gasteiger partial charge in [-0.2, -0.15) is 0 Å².